The largest absolute Gasteiger partial charge is 0.455 e. The molecular formula is C25H29N5O4. The summed E-state index contributed by atoms with van der Waals surface area (Å²) < 4.78 is 5.71. The zero-order valence-corrected chi connectivity index (χ0v) is 19.6. The monoisotopic (exact) mass is 463 g/mol. The Morgan fingerprint density at radius 3 is 2.38 bits per heavy atom. The molecule has 4 rings (SSSR count). The second-order valence-corrected chi connectivity index (χ2v) is 9.49. The molecule has 0 spiro atoms. The highest BCUT2D eigenvalue weighted by molar-refractivity contribution is 6.07. The zero-order valence-electron chi connectivity index (χ0n) is 19.6. The van der Waals surface area contributed by atoms with Crippen molar-refractivity contribution in [3.8, 4) is 0 Å². The Hall–Kier alpha value is -3.88. The number of nitrogens with two attached hydrogens (primary N) is 1. The van der Waals surface area contributed by atoms with Gasteiger partial charge in [0.15, 0.2) is 11.6 Å². The summed E-state index contributed by atoms with van der Waals surface area (Å²) in [6.07, 6.45) is 2.19. The molecule has 1 aliphatic heterocycles. The van der Waals surface area contributed by atoms with E-state index >= 15 is 0 Å². The van der Waals surface area contributed by atoms with E-state index in [0.29, 0.717) is 17.1 Å². The summed E-state index contributed by atoms with van der Waals surface area (Å²) in [4.78, 5) is 46.1. The number of furan rings is 1. The van der Waals surface area contributed by atoms with Gasteiger partial charge in [-0.3, -0.25) is 14.4 Å². The van der Waals surface area contributed by atoms with E-state index in [1.165, 1.54) is 0 Å². The zero-order chi connectivity index (χ0) is 24.5. The molecule has 3 amide bonds. The van der Waals surface area contributed by atoms with Crippen LogP contribution in [0.4, 0.5) is 5.82 Å². The third-order valence-corrected chi connectivity index (χ3v) is 5.85. The average molecular weight is 464 g/mol. The molecule has 1 saturated heterocycles. The van der Waals surface area contributed by atoms with Crippen molar-refractivity contribution in [3.05, 3.63) is 70.6 Å². The second kappa shape index (κ2) is 9.17. The van der Waals surface area contributed by atoms with Gasteiger partial charge in [0.1, 0.15) is 17.3 Å². The first-order valence-corrected chi connectivity index (χ1v) is 11.3. The van der Waals surface area contributed by atoms with Gasteiger partial charge in [-0.15, -0.1) is 0 Å². The fraction of sp³-hybridized carbons (Fsp3) is 0.360. The lowest BCUT2D eigenvalue weighted by Crippen LogP contribution is -2.27. The van der Waals surface area contributed by atoms with Crippen molar-refractivity contribution in [2.24, 2.45) is 5.73 Å². The number of carbonyl (C=O) groups is 3. The number of likely N-dealkylation sites (tertiary alicyclic amines) is 1. The van der Waals surface area contributed by atoms with E-state index in [4.69, 9.17) is 10.2 Å². The van der Waals surface area contributed by atoms with Gasteiger partial charge in [-0.25, -0.2) is 4.98 Å². The van der Waals surface area contributed by atoms with Crippen molar-refractivity contribution in [1.29, 1.82) is 0 Å². The summed E-state index contributed by atoms with van der Waals surface area (Å²) in [5, 5.41) is 2.66. The number of H-pyrrole nitrogens is 1. The predicted octanol–water partition coefficient (Wildman–Crippen LogP) is 3.48. The van der Waals surface area contributed by atoms with E-state index in [2.05, 4.69) is 36.1 Å². The number of imidazole rings is 1. The number of primary amides is 1. The molecular weight excluding hydrogens is 434 g/mol. The third-order valence-electron chi connectivity index (χ3n) is 5.85. The van der Waals surface area contributed by atoms with Crippen LogP contribution in [0.15, 0.2) is 40.8 Å². The Morgan fingerprint density at radius 2 is 1.76 bits per heavy atom. The van der Waals surface area contributed by atoms with Crippen LogP contribution in [0, 0.1) is 0 Å². The number of aromatic amines is 1. The van der Waals surface area contributed by atoms with Crippen LogP contribution < -0.4 is 11.1 Å². The molecule has 0 aliphatic carbocycles. The Labute approximate surface area is 197 Å². The summed E-state index contributed by atoms with van der Waals surface area (Å²) in [5.74, 6) is -0.0896. The number of amides is 3. The second-order valence-electron chi connectivity index (χ2n) is 9.49. The van der Waals surface area contributed by atoms with E-state index in [1.54, 1.807) is 29.2 Å². The van der Waals surface area contributed by atoms with Crippen LogP contribution in [-0.2, 0) is 11.8 Å². The van der Waals surface area contributed by atoms with Crippen molar-refractivity contribution in [1.82, 2.24) is 14.9 Å². The van der Waals surface area contributed by atoms with Crippen molar-refractivity contribution >= 4 is 23.5 Å². The van der Waals surface area contributed by atoms with Crippen LogP contribution in [0.2, 0.25) is 0 Å². The smallest absolute Gasteiger partial charge is 0.289 e. The molecule has 1 aliphatic rings. The molecule has 2 aromatic heterocycles. The van der Waals surface area contributed by atoms with E-state index in [9.17, 15) is 14.4 Å². The van der Waals surface area contributed by atoms with E-state index in [-0.39, 0.29) is 35.0 Å². The molecule has 178 valence electrons. The SMILES string of the molecule is CC(C)(C)c1ccc(C(=O)Nc2nc(Cc3ccc(C(=O)N4CCCC4)o3)[nH]c2C(N)=O)cc1. The number of aromatic nitrogens is 2. The first kappa shape index (κ1) is 23.3. The van der Waals surface area contributed by atoms with Crippen LogP contribution >= 0.6 is 0 Å². The number of carbonyl (C=O) groups excluding carboxylic acids is 3. The molecule has 3 heterocycles. The summed E-state index contributed by atoms with van der Waals surface area (Å²) in [7, 11) is 0. The standard InChI is InChI=1S/C25H29N5O4/c1-25(2,3)16-8-6-15(7-9-16)23(32)29-22-20(21(26)31)27-19(28-22)14-17-10-11-18(34-17)24(33)30-12-4-5-13-30/h6-11H,4-5,12-14H2,1-3H3,(H2,26,31)(H,27,28)(H,29,32). The summed E-state index contributed by atoms with van der Waals surface area (Å²) in [6.45, 7) is 7.75. The predicted molar refractivity (Wildman–Crippen MR) is 127 cm³/mol. The van der Waals surface area contributed by atoms with Crippen LogP contribution in [0.25, 0.3) is 0 Å². The van der Waals surface area contributed by atoms with Gasteiger partial charge in [-0.1, -0.05) is 32.9 Å². The first-order valence-electron chi connectivity index (χ1n) is 11.3. The number of anilines is 1. The Bertz CT molecular complexity index is 1210. The summed E-state index contributed by atoms with van der Waals surface area (Å²) >= 11 is 0. The quantitative estimate of drug-likeness (QED) is 0.514. The fourth-order valence-corrected chi connectivity index (χ4v) is 3.91. The highest BCUT2D eigenvalue weighted by Gasteiger charge is 2.23. The highest BCUT2D eigenvalue weighted by atomic mass is 16.4. The fourth-order valence-electron chi connectivity index (χ4n) is 3.91. The third kappa shape index (κ3) is 5.03. The highest BCUT2D eigenvalue weighted by Crippen LogP contribution is 2.23. The molecule has 0 bridgehead atoms. The van der Waals surface area contributed by atoms with Crippen molar-refractivity contribution in [3.63, 3.8) is 0 Å². The van der Waals surface area contributed by atoms with Crippen LogP contribution in [0.5, 0.6) is 0 Å². The lowest BCUT2D eigenvalue weighted by molar-refractivity contribution is 0.0759. The molecule has 9 heteroatoms. The van der Waals surface area contributed by atoms with Gasteiger partial charge in [-0.2, -0.15) is 0 Å². The lowest BCUT2D eigenvalue weighted by atomic mass is 9.87. The normalized spacial score (nSPS) is 13.8. The van der Waals surface area contributed by atoms with Crippen LogP contribution in [-0.4, -0.2) is 45.7 Å². The molecule has 1 aromatic carbocycles. The Kier molecular flexibility index (Phi) is 6.28. The molecule has 0 unspecified atom stereocenters. The maximum Gasteiger partial charge on any atom is 0.289 e. The number of benzene rings is 1. The summed E-state index contributed by atoms with van der Waals surface area (Å²) in [6, 6.07) is 10.6. The van der Waals surface area contributed by atoms with Gasteiger partial charge in [0, 0.05) is 18.7 Å². The number of nitrogens with zero attached hydrogens (tertiary/aromatic N) is 2. The van der Waals surface area contributed by atoms with E-state index in [1.807, 2.05) is 12.1 Å². The molecule has 1 fully saturated rings. The van der Waals surface area contributed by atoms with E-state index in [0.717, 1.165) is 31.5 Å². The molecule has 0 radical (unpaired) electrons. The van der Waals surface area contributed by atoms with Gasteiger partial charge in [0.05, 0.1) is 6.42 Å². The van der Waals surface area contributed by atoms with Gasteiger partial charge in [0.25, 0.3) is 17.7 Å². The topological polar surface area (TPSA) is 134 Å². The molecule has 4 N–H and O–H groups in total. The lowest BCUT2D eigenvalue weighted by Gasteiger charge is -2.19. The average Bonchev–Trinajstić information content (AvgIpc) is 3.54. The molecule has 34 heavy (non-hydrogen) atoms. The minimum atomic E-state index is -0.749. The van der Waals surface area contributed by atoms with Crippen molar-refractivity contribution in [2.75, 3.05) is 18.4 Å². The van der Waals surface area contributed by atoms with Crippen molar-refractivity contribution < 1.29 is 18.8 Å². The molecule has 3 aromatic rings. The molecule has 0 atom stereocenters. The van der Waals surface area contributed by atoms with Gasteiger partial charge in [0.2, 0.25) is 0 Å². The van der Waals surface area contributed by atoms with Crippen molar-refractivity contribution in [2.45, 2.75) is 45.4 Å². The number of rotatable bonds is 6. The van der Waals surface area contributed by atoms with Crippen LogP contribution in [0.3, 0.4) is 0 Å². The first-order chi connectivity index (χ1) is 16.1. The minimum absolute atomic E-state index is 0.00501. The maximum absolute atomic E-state index is 12.7. The maximum atomic E-state index is 12.7. The minimum Gasteiger partial charge on any atom is -0.455 e. The molecule has 0 saturated carbocycles. The summed E-state index contributed by atoms with van der Waals surface area (Å²) in [5.41, 5.74) is 6.98. The Balaban J connectivity index is 1.48. The van der Waals surface area contributed by atoms with Crippen LogP contribution in [0.1, 0.15) is 82.2 Å². The number of hydrogen-bond acceptors (Lipinski definition) is 5. The van der Waals surface area contributed by atoms with Gasteiger partial charge in [-0.05, 0) is 48.1 Å². The van der Waals surface area contributed by atoms with Gasteiger partial charge < -0.3 is 25.4 Å². The Morgan fingerprint density at radius 1 is 1.09 bits per heavy atom. The van der Waals surface area contributed by atoms with E-state index < -0.39 is 11.8 Å². The molecule has 9 nitrogen and oxygen atoms in total. The van der Waals surface area contributed by atoms with Gasteiger partial charge >= 0.3 is 0 Å². The number of nitrogens with one attached hydrogen (secondary N) is 2. The number of hydrogen-bond donors (Lipinski definition) is 3.